The quantitative estimate of drug-likeness (QED) is 0.912. The van der Waals surface area contributed by atoms with Crippen molar-refractivity contribution in [3.8, 4) is 11.5 Å². The third kappa shape index (κ3) is 2.29. The van der Waals surface area contributed by atoms with Crippen LogP contribution in [0.4, 0.5) is 0 Å². The number of aromatic nitrogens is 2. The molecule has 0 fully saturated rings. The number of imidazole rings is 1. The zero-order valence-electron chi connectivity index (χ0n) is 10.7. The van der Waals surface area contributed by atoms with Crippen molar-refractivity contribution in [1.82, 2.24) is 9.55 Å². The van der Waals surface area contributed by atoms with Gasteiger partial charge in [-0.05, 0) is 24.6 Å². The van der Waals surface area contributed by atoms with E-state index in [1.807, 2.05) is 29.0 Å². The molecule has 0 radical (unpaired) electrons. The van der Waals surface area contributed by atoms with Crippen LogP contribution in [-0.2, 0) is 13.0 Å². The van der Waals surface area contributed by atoms with Crippen LogP contribution >= 0.6 is 0 Å². The second-order valence-corrected chi connectivity index (χ2v) is 4.46. The summed E-state index contributed by atoms with van der Waals surface area (Å²) >= 11 is 0. The van der Waals surface area contributed by atoms with E-state index in [1.54, 1.807) is 6.20 Å². The Balaban J connectivity index is 1.79. The lowest BCUT2D eigenvalue weighted by atomic mass is 10.1. The highest BCUT2D eigenvalue weighted by Crippen LogP contribution is 2.34. The molecule has 5 nitrogen and oxygen atoms in total. The first-order valence-corrected chi connectivity index (χ1v) is 6.35. The Bertz CT molecular complexity index is 580. The van der Waals surface area contributed by atoms with Gasteiger partial charge < -0.3 is 19.1 Å². The van der Waals surface area contributed by atoms with Gasteiger partial charge in [-0.3, -0.25) is 0 Å². The normalized spacial score (nSPS) is 14.6. The summed E-state index contributed by atoms with van der Waals surface area (Å²) in [4.78, 5) is 4.27. The van der Waals surface area contributed by atoms with E-state index in [4.69, 9.17) is 9.47 Å². The average Bonchev–Trinajstić information content (AvgIpc) is 3.05. The number of ether oxygens (including phenoxy) is 2. The molecule has 1 N–H and O–H groups in total. The van der Waals surface area contributed by atoms with Crippen LogP contribution in [0.3, 0.4) is 0 Å². The van der Waals surface area contributed by atoms with Gasteiger partial charge in [-0.2, -0.15) is 0 Å². The molecular formula is C14H16N2O3. The molecule has 1 aromatic heterocycles. The third-order valence-electron chi connectivity index (χ3n) is 3.30. The highest BCUT2D eigenvalue weighted by molar-refractivity contribution is 5.45. The van der Waals surface area contributed by atoms with E-state index in [-0.39, 0.29) is 6.79 Å². The number of aliphatic hydroxyl groups excluding tert-OH is 1. The van der Waals surface area contributed by atoms with Crippen LogP contribution in [0.5, 0.6) is 11.5 Å². The maximum Gasteiger partial charge on any atom is 0.231 e. The summed E-state index contributed by atoms with van der Waals surface area (Å²) < 4.78 is 12.6. The van der Waals surface area contributed by atoms with E-state index >= 15 is 0 Å². The first-order valence-electron chi connectivity index (χ1n) is 6.35. The van der Waals surface area contributed by atoms with Crippen molar-refractivity contribution in [2.75, 3.05) is 6.79 Å². The van der Waals surface area contributed by atoms with Crippen LogP contribution in [0.2, 0.25) is 0 Å². The van der Waals surface area contributed by atoms with Crippen molar-refractivity contribution >= 4 is 0 Å². The highest BCUT2D eigenvalue weighted by atomic mass is 16.7. The largest absolute Gasteiger partial charge is 0.454 e. The van der Waals surface area contributed by atoms with E-state index < -0.39 is 6.10 Å². The van der Waals surface area contributed by atoms with Crippen molar-refractivity contribution in [2.45, 2.75) is 26.0 Å². The van der Waals surface area contributed by atoms with E-state index in [0.29, 0.717) is 12.2 Å². The zero-order valence-corrected chi connectivity index (χ0v) is 10.7. The van der Waals surface area contributed by atoms with Crippen LogP contribution in [0.25, 0.3) is 0 Å². The molecule has 0 spiro atoms. The van der Waals surface area contributed by atoms with Crippen molar-refractivity contribution < 1.29 is 14.6 Å². The number of fused-ring (bicyclic) bond motifs is 1. The number of nitrogens with zero attached hydrogens (tertiary/aromatic N) is 2. The van der Waals surface area contributed by atoms with E-state index in [1.165, 1.54) is 0 Å². The molecule has 0 saturated carbocycles. The fourth-order valence-electron chi connectivity index (χ4n) is 2.23. The van der Waals surface area contributed by atoms with Crippen LogP contribution in [0.1, 0.15) is 24.4 Å². The lowest BCUT2D eigenvalue weighted by Crippen LogP contribution is -2.08. The molecule has 0 bridgehead atoms. The second kappa shape index (κ2) is 4.93. The molecular weight excluding hydrogens is 244 g/mol. The maximum absolute atomic E-state index is 10.3. The maximum atomic E-state index is 10.3. The Morgan fingerprint density at radius 2 is 2.21 bits per heavy atom. The minimum Gasteiger partial charge on any atom is -0.454 e. The predicted octanol–water partition coefficient (Wildman–Crippen LogP) is 1.91. The SMILES string of the molecule is CCn1ccnc1CC(O)c1ccc2c(c1)OCO2. The predicted molar refractivity (Wildman–Crippen MR) is 69.1 cm³/mol. The molecule has 1 aliphatic rings. The lowest BCUT2D eigenvalue weighted by molar-refractivity contribution is 0.170. The Labute approximate surface area is 111 Å². The van der Waals surface area contributed by atoms with Gasteiger partial charge in [-0.25, -0.2) is 4.98 Å². The average molecular weight is 260 g/mol. The Morgan fingerprint density at radius 1 is 1.37 bits per heavy atom. The van der Waals surface area contributed by atoms with Gasteiger partial charge in [0.05, 0.1) is 6.10 Å². The van der Waals surface area contributed by atoms with Crippen LogP contribution in [0.15, 0.2) is 30.6 Å². The zero-order chi connectivity index (χ0) is 13.2. The number of hydrogen-bond acceptors (Lipinski definition) is 4. The van der Waals surface area contributed by atoms with E-state index in [2.05, 4.69) is 11.9 Å². The molecule has 5 heteroatoms. The summed E-state index contributed by atoms with van der Waals surface area (Å²) in [5.74, 6) is 2.30. The molecule has 1 unspecified atom stereocenters. The minimum atomic E-state index is -0.595. The van der Waals surface area contributed by atoms with Gasteiger partial charge in [0.25, 0.3) is 0 Å². The van der Waals surface area contributed by atoms with Crippen molar-refractivity contribution in [2.24, 2.45) is 0 Å². The molecule has 100 valence electrons. The summed E-state index contributed by atoms with van der Waals surface area (Å²) in [6.45, 7) is 3.15. The molecule has 1 atom stereocenters. The Hall–Kier alpha value is -2.01. The molecule has 2 aromatic rings. The summed E-state index contributed by atoms with van der Waals surface area (Å²) in [6, 6.07) is 5.51. The van der Waals surface area contributed by atoms with Gasteiger partial charge in [0.15, 0.2) is 11.5 Å². The lowest BCUT2D eigenvalue weighted by Gasteiger charge is -2.12. The molecule has 19 heavy (non-hydrogen) atoms. The summed E-state index contributed by atoms with van der Waals surface area (Å²) in [6.07, 6.45) is 3.56. The van der Waals surface area contributed by atoms with Gasteiger partial charge in [-0.1, -0.05) is 6.07 Å². The third-order valence-corrected chi connectivity index (χ3v) is 3.30. The second-order valence-electron chi connectivity index (χ2n) is 4.46. The standard InChI is InChI=1S/C14H16N2O3/c1-2-16-6-5-15-14(16)8-11(17)10-3-4-12-13(7-10)19-9-18-12/h3-7,11,17H,2,8-9H2,1H3. The fourth-order valence-corrected chi connectivity index (χ4v) is 2.23. The summed E-state index contributed by atoms with van der Waals surface area (Å²) in [7, 11) is 0. The molecule has 1 aliphatic heterocycles. The van der Waals surface area contributed by atoms with Gasteiger partial charge in [0.1, 0.15) is 5.82 Å². The topological polar surface area (TPSA) is 56.5 Å². The van der Waals surface area contributed by atoms with Gasteiger partial charge in [0.2, 0.25) is 6.79 Å². The van der Waals surface area contributed by atoms with Crippen molar-refractivity contribution in [3.63, 3.8) is 0 Å². The molecule has 0 aliphatic carbocycles. The number of hydrogen-bond donors (Lipinski definition) is 1. The first-order chi connectivity index (χ1) is 9.28. The molecule has 3 rings (SSSR count). The van der Waals surface area contributed by atoms with Gasteiger partial charge in [-0.15, -0.1) is 0 Å². The van der Waals surface area contributed by atoms with Crippen molar-refractivity contribution in [1.29, 1.82) is 0 Å². The summed E-state index contributed by atoms with van der Waals surface area (Å²) in [5.41, 5.74) is 0.815. The monoisotopic (exact) mass is 260 g/mol. The van der Waals surface area contributed by atoms with Crippen LogP contribution < -0.4 is 9.47 Å². The van der Waals surface area contributed by atoms with E-state index in [0.717, 1.165) is 23.7 Å². The highest BCUT2D eigenvalue weighted by Gasteiger charge is 2.18. The smallest absolute Gasteiger partial charge is 0.231 e. The molecule has 1 aromatic carbocycles. The number of aliphatic hydroxyl groups is 1. The number of aryl methyl sites for hydroxylation is 1. The number of benzene rings is 1. The van der Waals surface area contributed by atoms with Crippen LogP contribution in [0, 0.1) is 0 Å². The number of rotatable bonds is 4. The first kappa shape index (κ1) is 12.0. The van der Waals surface area contributed by atoms with E-state index in [9.17, 15) is 5.11 Å². The summed E-state index contributed by atoms with van der Waals surface area (Å²) in [5, 5.41) is 10.3. The molecule has 2 heterocycles. The minimum absolute atomic E-state index is 0.245. The molecule has 0 amide bonds. The molecule has 0 saturated heterocycles. The Kier molecular flexibility index (Phi) is 3.13. The Morgan fingerprint density at radius 3 is 3.05 bits per heavy atom. The van der Waals surface area contributed by atoms with Crippen molar-refractivity contribution in [3.05, 3.63) is 42.0 Å². The van der Waals surface area contributed by atoms with Crippen LogP contribution in [-0.4, -0.2) is 21.5 Å². The van der Waals surface area contributed by atoms with Gasteiger partial charge >= 0.3 is 0 Å². The fraction of sp³-hybridized carbons (Fsp3) is 0.357. The van der Waals surface area contributed by atoms with Gasteiger partial charge in [0, 0.05) is 25.4 Å².